The number of nitrogens with zero attached hydrogens (tertiary/aromatic N) is 2. The van der Waals surface area contributed by atoms with Crippen molar-refractivity contribution in [3.63, 3.8) is 0 Å². The highest BCUT2D eigenvalue weighted by Crippen LogP contribution is 2.24. The third-order valence-electron chi connectivity index (χ3n) is 4.90. The summed E-state index contributed by atoms with van der Waals surface area (Å²) in [6, 6.07) is 6.06. The maximum atomic E-state index is 12.4. The minimum atomic E-state index is -0.319. The molecule has 1 atom stereocenters. The molecular weight excluding hydrogens is 318 g/mol. The van der Waals surface area contributed by atoms with Gasteiger partial charge in [-0.05, 0) is 37.0 Å². The number of rotatable bonds is 6. The SMILES string of the molecule is C[C@H](O)CN1CCN(C(=O)CCCc2ccc3c(c2)CC(=O)N3)CC1. The van der Waals surface area contributed by atoms with Gasteiger partial charge < -0.3 is 15.3 Å². The lowest BCUT2D eigenvalue weighted by atomic mass is 10.0. The van der Waals surface area contributed by atoms with Crippen molar-refractivity contribution in [1.82, 2.24) is 9.80 Å². The molecule has 2 heterocycles. The zero-order chi connectivity index (χ0) is 17.8. The number of piperazine rings is 1. The predicted molar refractivity (Wildman–Crippen MR) is 96.4 cm³/mol. The monoisotopic (exact) mass is 345 g/mol. The zero-order valence-corrected chi connectivity index (χ0v) is 14.8. The Hall–Kier alpha value is -1.92. The molecule has 0 bridgehead atoms. The van der Waals surface area contributed by atoms with Crippen molar-refractivity contribution >= 4 is 17.5 Å². The molecule has 3 rings (SSSR count). The zero-order valence-electron chi connectivity index (χ0n) is 14.8. The summed E-state index contributed by atoms with van der Waals surface area (Å²) in [4.78, 5) is 27.9. The van der Waals surface area contributed by atoms with Crippen molar-refractivity contribution in [2.75, 3.05) is 38.0 Å². The molecule has 1 fully saturated rings. The summed E-state index contributed by atoms with van der Waals surface area (Å²) in [7, 11) is 0. The van der Waals surface area contributed by atoms with E-state index in [0.717, 1.165) is 50.3 Å². The normalized spacial score (nSPS) is 18.8. The number of carbonyl (C=O) groups is 2. The van der Waals surface area contributed by atoms with Gasteiger partial charge in [0.1, 0.15) is 0 Å². The van der Waals surface area contributed by atoms with Gasteiger partial charge in [0.2, 0.25) is 11.8 Å². The van der Waals surface area contributed by atoms with Gasteiger partial charge in [-0.15, -0.1) is 0 Å². The van der Waals surface area contributed by atoms with Crippen LogP contribution in [-0.2, 0) is 22.4 Å². The Morgan fingerprint density at radius 1 is 1.28 bits per heavy atom. The summed E-state index contributed by atoms with van der Waals surface area (Å²) in [6.07, 6.45) is 2.38. The number of aliphatic hydroxyl groups is 1. The third-order valence-corrected chi connectivity index (χ3v) is 4.90. The van der Waals surface area contributed by atoms with Crippen LogP contribution in [0, 0.1) is 0 Å². The van der Waals surface area contributed by atoms with E-state index in [9.17, 15) is 14.7 Å². The minimum absolute atomic E-state index is 0.0528. The highest BCUT2D eigenvalue weighted by molar-refractivity contribution is 5.99. The van der Waals surface area contributed by atoms with Crippen LogP contribution < -0.4 is 5.32 Å². The van der Waals surface area contributed by atoms with Crippen LogP contribution in [0.15, 0.2) is 18.2 Å². The Labute approximate surface area is 148 Å². The number of aliphatic hydroxyl groups excluding tert-OH is 1. The second kappa shape index (κ2) is 7.97. The molecule has 2 N–H and O–H groups in total. The quantitative estimate of drug-likeness (QED) is 0.808. The van der Waals surface area contributed by atoms with Gasteiger partial charge in [0, 0.05) is 44.8 Å². The lowest BCUT2D eigenvalue weighted by molar-refractivity contribution is -0.133. The predicted octanol–water partition coefficient (Wildman–Crippen LogP) is 1.03. The average Bonchev–Trinajstić information content (AvgIpc) is 2.94. The van der Waals surface area contributed by atoms with E-state index in [1.807, 2.05) is 17.0 Å². The fourth-order valence-corrected chi connectivity index (χ4v) is 3.59. The topological polar surface area (TPSA) is 72.9 Å². The molecule has 0 aromatic heterocycles. The molecule has 2 amide bonds. The first-order valence-electron chi connectivity index (χ1n) is 9.11. The van der Waals surface area contributed by atoms with E-state index in [4.69, 9.17) is 0 Å². The van der Waals surface area contributed by atoms with Crippen molar-refractivity contribution in [2.24, 2.45) is 0 Å². The maximum absolute atomic E-state index is 12.4. The van der Waals surface area contributed by atoms with Crippen LogP contribution in [0.2, 0.25) is 0 Å². The summed E-state index contributed by atoms with van der Waals surface area (Å²) in [6.45, 7) is 5.64. The summed E-state index contributed by atoms with van der Waals surface area (Å²) in [5.74, 6) is 0.270. The van der Waals surface area contributed by atoms with E-state index >= 15 is 0 Å². The van der Waals surface area contributed by atoms with Crippen molar-refractivity contribution in [3.8, 4) is 0 Å². The van der Waals surface area contributed by atoms with Crippen molar-refractivity contribution < 1.29 is 14.7 Å². The van der Waals surface area contributed by atoms with E-state index in [-0.39, 0.29) is 17.9 Å². The largest absolute Gasteiger partial charge is 0.392 e. The Morgan fingerprint density at radius 2 is 2.04 bits per heavy atom. The molecule has 25 heavy (non-hydrogen) atoms. The molecule has 6 nitrogen and oxygen atoms in total. The molecule has 1 saturated heterocycles. The van der Waals surface area contributed by atoms with E-state index in [0.29, 0.717) is 19.4 Å². The Morgan fingerprint density at radius 3 is 2.76 bits per heavy atom. The number of fused-ring (bicyclic) bond motifs is 1. The van der Waals surface area contributed by atoms with Gasteiger partial charge in [-0.3, -0.25) is 14.5 Å². The highest BCUT2D eigenvalue weighted by Gasteiger charge is 2.21. The van der Waals surface area contributed by atoms with Gasteiger partial charge >= 0.3 is 0 Å². The Kier molecular flexibility index (Phi) is 5.71. The first-order valence-corrected chi connectivity index (χ1v) is 9.11. The number of hydrogen-bond donors (Lipinski definition) is 2. The molecule has 0 radical (unpaired) electrons. The van der Waals surface area contributed by atoms with Crippen LogP contribution in [0.25, 0.3) is 0 Å². The van der Waals surface area contributed by atoms with E-state index in [2.05, 4.69) is 16.3 Å². The van der Waals surface area contributed by atoms with E-state index in [1.54, 1.807) is 6.92 Å². The number of anilines is 1. The first-order chi connectivity index (χ1) is 12.0. The van der Waals surface area contributed by atoms with E-state index < -0.39 is 0 Å². The third kappa shape index (κ3) is 4.80. The summed E-state index contributed by atoms with van der Waals surface area (Å²) in [5, 5.41) is 12.3. The lowest BCUT2D eigenvalue weighted by Crippen LogP contribution is -2.50. The molecule has 0 saturated carbocycles. The van der Waals surface area contributed by atoms with Crippen LogP contribution >= 0.6 is 0 Å². The maximum Gasteiger partial charge on any atom is 0.228 e. The second-order valence-electron chi connectivity index (χ2n) is 7.10. The Balaban J connectivity index is 1.40. The highest BCUT2D eigenvalue weighted by atomic mass is 16.3. The number of benzene rings is 1. The van der Waals surface area contributed by atoms with Crippen molar-refractivity contribution in [2.45, 2.75) is 38.7 Å². The Bertz CT molecular complexity index is 637. The van der Waals surface area contributed by atoms with E-state index in [1.165, 1.54) is 5.56 Å². The minimum Gasteiger partial charge on any atom is -0.392 e. The molecule has 2 aliphatic heterocycles. The number of amides is 2. The number of aryl methyl sites for hydroxylation is 1. The lowest BCUT2D eigenvalue weighted by Gasteiger charge is -2.35. The fraction of sp³-hybridized carbons (Fsp3) is 0.579. The van der Waals surface area contributed by atoms with Crippen LogP contribution in [-0.4, -0.2) is 65.5 Å². The number of hydrogen-bond acceptors (Lipinski definition) is 4. The van der Waals surface area contributed by atoms with Gasteiger partial charge in [-0.2, -0.15) is 0 Å². The summed E-state index contributed by atoms with van der Waals surface area (Å²) < 4.78 is 0. The van der Waals surface area contributed by atoms with Gasteiger partial charge in [0.05, 0.1) is 12.5 Å². The van der Waals surface area contributed by atoms with Gasteiger partial charge in [-0.1, -0.05) is 12.1 Å². The molecular formula is C19H27N3O3. The molecule has 136 valence electrons. The number of β-amino-alcohol motifs (C(OH)–C–C–N with tert-alkyl or cyclic N) is 1. The van der Waals surface area contributed by atoms with Crippen molar-refractivity contribution in [3.05, 3.63) is 29.3 Å². The molecule has 0 aliphatic carbocycles. The van der Waals surface area contributed by atoms with Crippen LogP contribution in [0.1, 0.15) is 30.9 Å². The molecule has 0 spiro atoms. The summed E-state index contributed by atoms with van der Waals surface area (Å²) in [5.41, 5.74) is 3.16. The summed E-state index contributed by atoms with van der Waals surface area (Å²) >= 11 is 0. The van der Waals surface area contributed by atoms with Crippen molar-refractivity contribution in [1.29, 1.82) is 0 Å². The number of nitrogens with one attached hydrogen (secondary N) is 1. The van der Waals surface area contributed by atoms with Crippen LogP contribution in [0.5, 0.6) is 0 Å². The fourth-order valence-electron chi connectivity index (χ4n) is 3.59. The molecule has 6 heteroatoms. The molecule has 1 aromatic rings. The molecule has 0 unspecified atom stereocenters. The second-order valence-corrected chi connectivity index (χ2v) is 7.10. The average molecular weight is 345 g/mol. The van der Waals surface area contributed by atoms with Gasteiger partial charge in [0.25, 0.3) is 0 Å². The van der Waals surface area contributed by atoms with Crippen LogP contribution in [0.3, 0.4) is 0 Å². The smallest absolute Gasteiger partial charge is 0.228 e. The van der Waals surface area contributed by atoms with Gasteiger partial charge in [0.15, 0.2) is 0 Å². The first kappa shape index (κ1) is 17.9. The molecule has 1 aromatic carbocycles. The standard InChI is InChI=1S/C19H27N3O3/c1-14(23)13-21-7-9-22(10-8-21)19(25)4-2-3-15-5-6-17-16(11-15)12-18(24)20-17/h5-6,11,14,23H,2-4,7-10,12-13H2,1H3,(H,20,24)/t14-/m0/s1. The number of carbonyl (C=O) groups excluding carboxylic acids is 2. The molecule has 2 aliphatic rings. The van der Waals surface area contributed by atoms with Crippen LogP contribution in [0.4, 0.5) is 5.69 Å². The van der Waals surface area contributed by atoms with Gasteiger partial charge in [-0.25, -0.2) is 0 Å².